The molecule has 2 aliphatic rings. The zero-order valence-electron chi connectivity index (χ0n) is 7.97. The molecule has 2 nitrogen and oxygen atoms in total. The third kappa shape index (κ3) is 1.38. The number of hydrogen-bond donors (Lipinski definition) is 1. The van der Waals surface area contributed by atoms with Gasteiger partial charge in [0.2, 0.25) is 0 Å². The predicted molar refractivity (Wildman–Crippen MR) is 54.2 cm³/mol. The molecule has 12 heavy (non-hydrogen) atoms. The Bertz CT molecular complexity index is 168. The van der Waals surface area contributed by atoms with E-state index >= 15 is 0 Å². The van der Waals surface area contributed by atoms with Gasteiger partial charge in [0, 0.05) is 24.5 Å². The molecule has 70 valence electrons. The zero-order valence-corrected chi connectivity index (χ0v) is 8.78. The lowest BCUT2D eigenvalue weighted by molar-refractivity contribution is 0.417. The van der Waals surface area contributed by atoms with Crippen LogP contribution in [0.1, 0.15) is 19.8 Å². The van der Waals surface area contributed by atoms with Crippen molar-refractivity contribution < 1.29 is 0 Å². The van der Waals surface area contributed by atoms with Crippen LogP contribution in [0.2, 0.25) is 0 Å². The van der Waals surface area contributed by atoms with E-state index < -0.39 is 0 Å². The molecule has 1 unspecified atom stereocenters. The van der Waals surface area contributed by atoms with Gasteiger partial charge in [0.25, 0.3) is 0 Å². The quantitative estimate of drug-likeness (QED) is 0.670. The molecule has 3 heteroatoms. The van der Waals surface area contributed by atoms with Gasteiger partial charge >= 0.3 is 0 Å². The van der Waals surface area contributed by atoms with E-state index in [4.69, 9.17) is 0 Å². The van der Waals surface area contributed by atoms with Gasteiger partial charge in [-0.3, -0.25) is 0 Å². The summed E-state index contributed by atoms with van der Waals surface area (Å²) < 4.78 is 2.50. The Morgan fingerprint density at radius 3 is 2.83 bits per heavy atom. The summed E-state index contributed by atoms with van der Waals surface area (Å²) in [5, 5.41) is 3.61. The van der Waals surface area contributed by atoms with Crippen LogP contribution < -0.4 is 5.32 Å². The minimum atomic E-state index is 0.680. The Kier molecular flexibility index (Phi) is 2.36. The molecular weight excluding hydrogens is 168 g/mol. The molecule has 2 rings (SSSR count). The lowest BCUT2D eigenvalue weighted by Crippen LogP contribution is -2.36. The van der Waals surface area contributed by atoms with Crippen molar-refractivity contribution in [3.63, 3.8) is 0 Å². The van der Waals surface area contributed by atoms with Crippen molar-refractivity contribution in [2.75, 3.05) is 25.9 Å². The van der Waals surface area contributed by atoms with E-state index in [1.165, 1.54) is 25.9 Å². The van der Waals surface area contributed by atoms with Crippen LogP contribution in [0.25, 0.3) is 0 Å². The molecule has 1 atom stereocenters. The summed E-state index contributed by atoms with van der Waals surface area (Å²) in [4.78, 5) is 0. The Balaban J connectivity index is 1.95. The molecule has 1 spiro atoms. The molecule has 1 aliphatic carbocycles. The minimum Gasteiger partial charge on any atom is -0.312 e. The van der Waals surface area contributed by atoms with Gasteiger partial charge in [-0.25, -0.2) is 4.31 Å². The number of nitrogens with one attached hydrogen (secondary N) is 1. The van der Waals surface area contributed by atoms with E-state index in [9.17, 15) is 0 Å². The Labute approximate surface area is 79.2 Å². The van der Waals surface area contributed by atoms with Gasteiger partial charge in [0.15, 0.2) is 0 Å². The highest BCUT2D eigenvalue weighted by atomic mass is 32.2. The van der Waals surface area contributed by atoms with Crippen molar-refractivity contribution in [3.05, 3.63) is 0 Å². The second-order valence-electron chi connectivity index (χ2n) is 3.98. The van der Waals surface area contributed by atoms with Gasteiger partial charge in [-0.1, -0.05) is 18.9 Å². The summed E-state index contributed by atoms with van der Waals surface area (Å²) in [7, 11) is 0. The molecule has 1 saturated carbocycles. The molecule has 0 amide bonds. The van der Waals surface area contributed by atoms with E-state index in [2.05, 4.69) is 22.8 Å². The third-order valence-corrected chi connectivity index (χ3v) is 4.01. The van der Waals surface area contributed by atoms with Crippen molar-refractivity contribution in [3.8, 4) is 0 Å². The average Bonchev–Trinajstić information content (AvgIpc) is 2.74. The normalized spacial score (nSPS) is 33.0. The predicted octanol–water partition coefficient (Wildman–Crippen LogP) is 1.34. The fourth-order valence-corrected chi connectivity index (χ4v) is 2.94. The monoisotopic (exact) mass is 186 g/mol. The van der Waals surface area contributed by atoms with Crippen LogP contribution in [0, 0.1) is 5.41 Å². The lowest BCUT2D eigenvalue weighted by Gasteiger charge is -2.16. The average molecular weight is 186 g/mol. The number of hydrogen-bond acceptors (Lipinski definition) is 3. The first kappa shape index (κ1) is 8.85. The van der Waals surface area contributed by atoms with Gasteiger partial charge < -0.3 is 5.32 Å². The maximum Gasteiger partial charge on any atom is 0.0273 e. The molecule has 1 saturated heterocycles. The fourth-order valence-electron chi connectivity index (χ4n) is 2.26. The van der Waals surface area contributed by atoms with Crippen molar-refractivity contribution in [1.29, 1.82) is 0 Å². The lowest BCUT2D eigenvalue weighted by atomic mass is 10.0. The third-order valence-electron chi connectivity index (χ3n) is 3.22. The maximum absolute atomic E-state index is 3.61. The van der Waals surface area contributed by atoms with Crippen LogP contribution in [0.15, 0.2) is 0 Å². The van der Waals surface area contributed by atoms with Crippen LogP contribution in [0.4, 0.5) is 0 Å². The zero-order chi connectivity index (χ0) is 8.60. The van der Waals surface area contributed by atoms with Gasteiger partial charge in [0.1, 0.15) is 0 Å². The summed E-state index contributed by atoms with van der Waals surface area (Å²) in [6.45, 7) is 5.88. The number of nitrogens with zero attached hydrogens (tertiary/aromatic N) is 1. The maximum atomic E-state index is 3.61. The molecule has 0 aromatic rings. The van der Waals surface area contributed by atoms with E-state index in [-0.39, 0.29) is 0 Å². The second-order valence-corrected chi connectivity index (χ2v) is 4.86. The van der Waals surface area contributed by atoms with Crippen molar-refractivity contribution in [1.82, 2.24) is 9.62 Å². The highest BCUT2D eigenvalue weighted by Gasteiger charge is 2.54. The molecule has 0 bridgehead atoms. The van der Waals surface area contributed by atoms with Gasteiger partial charge in [0.05, 0.1) is 0 Å². The topological polar surface area (TPSA) is 15.3 Å². The van der Waals surface area contributed by atoms with Gasteiger partial charge in [-0.05, 0) is 25.6 Å². The van der Waals surface area contributed by atoms with Gasteiger partial charge in [-0.15, -0.1) is 0 Å². The summed E-state index contributed by atoms with van der Waals surface area (Å²) in [5.74, 6) is 0. The molecule has 0 aromatic carbocycles. The first-order chi connectivity index (χ1) is 5.80. The molecule has 2 fully saturated rings. The van der Waals surface area contributed by atoms with Gasteiger partial charge in [-0.2, -0.15) is 0 Å². The molecule has 1 heterocycles. The van der Waals surface area contributed by atoms with Crippen LogP contribution >= 0.6 is 11.9 Å². The standard InChI is InChI=1S/C9H18N2S/c1-3-10-8-6-11(12-2)7-9(8)4-5-9/h8,10H,3-7H2,1-2H3. The minimum absolute atomic E-state index is 0.680. The Hall–Kier alpha value is 0.270. The largest absolute Gasteiger partial charge is 0.312 e. The van der Waals surface area contributed by atoms with Crippen LogP contribution in [0.5, 0.6) is 0 Å². The first-order valence-corrected chi connectivity index (χ1v) is 6.01. The van der Waals surface area contributed by atoms with E-state index in [1.54, 1.807) is 0 Å². The SMILES string of the molecule is CCNC1CN(SC)CC12CC2. The summed E-state index contributed by atoms with van der Waals surface area (Å²) in [5.41, 5.74) is 0.680. The second kappa shape index (κ2) is 3.20. The van der Waals surface area contributed by atoms with E-state index in [0.29, 0.717) is 5.41 Å². The number of likely N-dealkylation sites (N-methyl/N-ethyl adjacent to an activating group) is 1. The first-order valence-electron chi connectivity index (χ1n) is 4.83. The van der Waals surface area contributed by atoms with E-state index in [1.807, 2.05) is 11.9 Å². The molecule has 0 radical (unpaired) electrons. The highest BCUT2D eigenvalue weighted by Crippen LogP contribution is 2.53. The smallest absolute Gasteiger partial charge is 0.0273 e. The summed E-state index contributed by atoms with van der Waals surface area (Å²) >= 11 is 1.90. The summed E-state index contributed by atoms with van der Waals surface area (Å²) in [6.07, 6.45) is 5.08. The van der Waals surface area contributed by atoms with Crippen molar-refractivity contribution in [2.45, 2.75) is 25.8 Å². The van der Waals surface area contributed by atoms with Crippen LogP contribution in [0.3, 0.4) is 0 Å². The van der Waals surface area contributed by atoms with Crippen LogP contribution in [-0.4, -0.2) is 36.2 Å². The molecular formula is C9H18N2S. The van der Waals surface area contributed by atoms with Crippen molar-refractivity contribution >= 4 is 11.9 Å². The highest BCUT2D eigenvalue weighted by molar-refractivity contribution is 7.96. The summed E-state index contributed by atoms with van der Waals surface area (Å²) in [6, 6.07) is 0.773. The molecule has 1 aliphatic heterocycles. The Morgan fingerprint density at radius 2 is 2.33 bits per heavy atom. The van der Waals surface area contributed by atoms with Crippen LogP contribution in [-0.2, 0) is 0 Å². The Morgan fingerprint density at radius 1 is 1.58 bits per heavy atom. The van der Waals surface area contributed by atoms with E-state index in [0.717, 1.165) is 12.6 Å². The molecule has 0 aromatic heterocycles. The van der Waals surface area contributed by atoms with Crippen molar-refractivity contribution in [2.24, 2.45) is 5.41 Å². The fraction of sp³-hybridized carbons (Fsp3) is 1.00. The number of rotatable bonds is 3. The molecule has 1 N–H and O–H groups in total.